The molecule has 0 saturated carbocycles. The van der Waals surface area contributed by atoms with Gasteiger partial charge < -0.3 is 15.6 Å². The first kappa shape index (κ1) is 17.8. The molecule has 1 aliphatic heterocycles. The average Bonchev–Trinajstić information content (AvgIpc) is 2.40. The van der Waals surface area contributed by atoms with E-state index in [0.717, 1.165) is 25.3 Å². The van der Waals surface area contributed by atoms with Gasteiger partial charge in [-0.25, -0.2) is 0 Å². The van der Waals surface area contributed by atoms with Crippen LogP contribution in [0.5, 0.6) is 0 Å². The fraction of sp³-hybridized carbons (Fsp3) is 0.611. The van der Waals surface area contributed by atoms with Gasteiger partial charge in [0.05, 0.1) is 18.6 Å². The fourth-order valence-electron chi connectivity index (χ4n) is 3.95. The van der Waals surface area contributed by atoms with Gasteiger partial charge in [-0.3, -0.25) is 9.38 Å². The third-order valence-electron chi connectivity index (χ3n) is 5.33. The molecule has 0 bridgehead atoms. The largest absolute Gasteiger partial charge is 0.498 e. The van der Waals surface area contributed by atoms with E-state index in [4.69, 9.17) is 5.73 Å². The minimum atomic E-state index is -0.965. The van der Waals surface area contributed by atoms with Crippen LogP contribution in [0.15, 0.2) is 18.2 Å². The Bertz CT molecular complexity index is 594. The standard InChI is InChI=1S/C18H29N3O2/c1-13-10-16(19)7-6-15(13)12-20-8-9-21(17(22)23,14(2)11-20)18(3,4)5/h6-7,10,14H,8-9,11-12,19H2,1-5H3/t14-,21?/m0/s1. The lowest BCUT2D eigenvalue weighted by atomic mass is 9.95. The van der Waals surface area contributed by atoms with Crippen molar-refractivity contribution < 1.29 is 14.4 Å². The Labute approximate surface area is 139 Å². The number of quaternary nitrogens is 1. The first-order valence-electron chi connectivity index (χ1n) is 8.24. The molecule has 2 N–H and O–H groups in total. The van der Waals surface area contributed by atoms with Gasteiger partial charge in [0.25, 0.3) is 6.09 Å². The highest BCUT2D eigenvalue weighted by Gasteiger charge is 2.49. The summed E-state index contributed by atoms with van der Waals surface area (Å²) in [7, 11) is 0. The van der Waals surface area contributed by atoms with Crippen LogP contribution >= 0.6 is 0 Å². The highest BCUT2D eigenvalue weighted by atomic mass is 16.4. The zero-order valence-electron chi connectivity index (χ0n) is 14.9. The Morgan fingerprint density at radius 1 is 1.43 bits per heavy atom. The van der Waals surface area contributed by atoms with E-state index in [9.17, 15) is 9.90 Å². The molecule has 1 aliphatic rings. The van der Waals surface area contributed by atoms with Crippen LogP contribution in [0, 0.1) is 6.92 Å². The Morgan fingerprint density at radius 2 is 2.09 bits per heavy atom. The van der Waals surface area contributed by atoms with Gasteiger partial charge in [-0.2, -0.15) is 0 Å². The lowest BCUT2D eigenvalue weighted by Crippen LogP contribution is -2.76. The molecule has 23 heavy (non-hydrogen) atoms. The van der Waals surface area contributed by atoms with Gasteiger partial charge in [0.15, 0.2) is 0 Å². The minimum Gasteiger partial charge on any atom is -0.498 e. The van der Waals surface area contributed by atoms with E-state index in [1.807, 2.05) is 39.8 Å². The smallest absolute Gasteiger partial charge is 0.258 e. The van der Waals surface area contributed by atoms with Crippen molar-refractivity contribution in [2.45, 2.75) is 52.7 Å². The van der Waals surface area contributed by atoms with E-state index in [1.54, 1.807) is 0 Å². The predicted octanol–water partition coefficient (Wildman–Crippen LogP) is 1.74. The molecule has 1 fully saturated rings. The molecule has 0 radical (unpaired) electrons. The molecule has 2 rings (SSSR count). The molecule has 1 aromatic rings. The molecular weight excluding hydrogens is 290 g/mol. The van der Waals surface area contributed by atoms with Crippen molar-refractivity contribution in [2.75, 3.05) is 25.4 Å². The van der Waals surface area contributed by atoms with Crippen molar-refractivity contribution in [1.29, 1.82) is 0 Å². The highest BCUT2D eigenvalue weighted by molar-refractivity contribution is 5.55. The van der Waals surface area contributed by atoms with Crippen LogP contribution in [0.4, 0.5) is 10.5 Å². The number of carbonyl (C=O) groups is 1. The van der Waals surface area contributed by atoms with Crippen LogP contribution in [0.2, 0.25) is 0 Å². The number of piperazine rings is 1. The number of carboxylic acid groups (broad SMARTS) is 1. The molecule has 0 aromatic heterocycles. The summed E-state index contributed by atoms with van der Waals surface area (Å²) in [6.07, 6.45) is -0.965. The lowest BCUT2D eigenvalue weighted by Gasteiger charge is -2.55. The number of amides is 1. The molecular formula is C18H29N3O2. The van der Waals surface area contributed by atoms with E-state index in [1.165, 1.54) is 11.1 Å². The van der Waals surface area contributed by atoms with Gasteiger partial charge in [-0.1, -0.05) is 6.07 Å². The number of rotatable bonds is 2. The molecule has 1 amide bonds. The van der Waals surface area contributed by atoms with Crippen molar-refractivity contribution >= 4 is 11.8 Å². The Kier molecular flexibility index (Phi) is 4.74. The predicted molar refractivity (Wildman–Crippen MR) is 90.6 cm³/mol. The number of hydrogen-bond donors (Lipinski definition) is 1. The summed E-state index contributed by atoms with van der Waals surface area (Å²) in [5.74, 6) is 0. The van der Waals surface area contributed by atoms with E-state index in [-0.39, 0.29) is 16.1 Å². The molecule has 1 unspecified atom stereocenters. The van der Waals surface area contributed by atoms with Crippen LogP contribution in [-0.4, -0.2) is 46.7 Å². The molecule has 5 heteroatoms. The van der Waals surface area contributed by atoms with Gasteiger partial charge in [-0.15, -0.1) is 0 Å². The first-order chi connectivity index (χ1) is 10.6. The number of nitrogen functional groups attached to an aromatic ring is 1. The maximum atomic E-state index is 11.9. The summed E-state index contributed by atoms with van der Waals surface area (Å²) in [4.78, 5) is 14.2. The zero-order chi connectivity index (χ0) is 17.4. The minimum absolute atomic E-state index is 0.0113. The van der Waals surface area contributed by atoms with Crippen molar-refractivity contribution in [2.24, 2.45) is 0 Å². The van der Waals surface area contributed by atoms with E-state index < -0.39 is 6.09 Å². The Hall–Kier alpha value is -1.59. The first-order valence-corrected chi connectivity index (χ1v) is 8.24. The molecule has 2 atom stereocenters. The maximum absolute atomic E-state index is 11.9. The summed E-state index contributed by atoms with van der Waals surface area (Å²) in [5.41, 5.74) is 8.64. The topological polar surface area (TPSA) is 69.4 Å². The zero-order valence-corrected chi connectivity index (χ0v) is 14.9. The monoisotopic (exact) mass is 319 g/mol. The average molecular weight is 319 g/mol. The van der Waals surface area contributed by atoms with Crippen LogP contribution in [-0.2, 0) is 6.54 Å². The van der Waals surface area contributed by atoms with Crippen LogP contribution in [0.3, 0.4) is 0 Å². The SMILES string of the molecule is Cc1cc(N)ccc1CN1CC[N+](C(=O)[O-])(C(C)(C)C)[C@@H](C)C1. The molecule has 128 valence electrons. The molecule has 1 aromatic carbocycles. The third-order valence-corrected chi connectivity index (χ3v) is 5.33. The van der Waals surface area contributed by atoms with Crippen molar-refractivity contribution in [3.63, 3.8) is 0 Å². The number of hydrogen-bond acceptors (Lipinski definition) is 4. The second kappa shape index (κ2) is 6.13. The van der Waals surface area contributed by atoms with E-state index in [0.29, 0.717) is 6.54 Å². The number of nitrogens with zero attached hydrogens (tertiary/aromatic N) is 2. The quantitative estimate of drug-likeness (QED) is 0.666. The maximum Gasteiger partial charge on any atom is 0.258 e. The normalized spacial score (nSPS) is 26.2. The molecule has 1 heterocycles. The van der Waals surface area contributed by atoms with Gasteiger partial charge in [-0.05, 0) is 57.9 Å². The van der Waals surface area contributed by atoms with Gasteiger partial charge in [0.1, 0.15) is 6.04 Å². The number of nitrogens with two attached hydrogens (primary N) is 1. The van der Waals surface area contributed by atoms with Crippen molar-refractivity contribution in [3.05, 3.63) is 29.3 Å². The second-order valence-electron chi connectivity index (χ2n) is 7.80. The Morgan fingerprint density at radius 3 is 2.57 bits per heavy atom. The summed E-state index contributed by atoms with van der Waals surface area (Å²) >= 11 is 0. The van der Waals surface area contributed by atoms with Gasteiger partial charge in [0, 0.05) is 18.8 Å². The van der Waals surface area contributed by atoms with E-state index in [2.05, 4.69) is 17.9 Å². The third kappa shape index (κ3) is 3.21. The fourth-order valence-corrected chi connectivity index (χ4v) is 3.95. The van der Waals surface area contributed by atoms with Gasteiger partial charge >= 0.3 is 0 Å². The molecule has 1 saturated heterocycles. The highest BCUT2D eigenvalue weighted by Crippen LogP contribution is 2.32. The molecule has 0 aliphatic carbocycles. The number of carbonyl (C=O) groups excluding carboxylic acids is 1. The second-order valence-corrected chi connectivity index (χ2v) is 7.80. The van der Waals surface area contributed by atoms with E-state index >= 15 is 0 Å². The van der Waals surface area contributed by atoms with Gasteiger partial charge in [0.2, 0.25) is 0 Å². The number of benzene rings is 1. The summed E-state index contributed by atoms with van der Waals surface area (Å²) < 4.78 is 0.0181. The number of aryl methyl sites for hydroxylation is 1. The summed E-state index contributed by atoms with van der Waals surface area (Å²) in [6.45, 7) is 12.9. The summed E-state index contributed by atoms with van der Waals surface area (Å²) in [6, 6.07) is 5.96. The van der Waals surface area contributed by atoms with Crippen LogP contribution in [0.25, 0.3) is 0 Å². The van der Waals surface area contributed by atoms with Crippen molar-refractivity contribution in [3.8, 4) is 0 Å². The van der Waals surface area contributed by atoms with Crippen molar-refractivity contribution in [1.82, 2.24) is 4.90 Å². The molecule has 5 nitrogen and oxygen atoms in total. The summed E-state index contributed by atoms with van der Waals surface area (Å²) in [5, 5.41) is 11.9. The Balaban J connectivity index is 2.16. The number of anilines is 1. The molecule has 0 spiro atoms. The lowest BCUT2D eigenvalue weighted by molar-refractivity contribution is -0.943. The van der Waals surface area contributed by atoms with Crippen LogP contribution in [0.1, 0.15) is 38.8 Å². The van der Waals surface area contributed by atoms with Crippen LogP contribution < -0.4 is 10.8 Å².